The zero-order valence-corrected chi connectivity index (χ0v) is 13.0. The van der Waals surface area contributed by atoms with Gasteiger partial charge in [-0.05, 0) is 38.4 Å². The molecule has 0 radical (unpaired) electrons. The first-order valence-corrected chi connectivity index (χ1v) is 7.81. The summed E-state index contributed by atoms with van der Waals surface area (Å²) in [5.41, 5.74) is 2.11. The molecule has 1 aromatic rings. The number of hydrogen-bond donors (Lipinski definition) is 1. The monoisotopic (exact) mass is 291 g/mol. The minimum absolute atomic E-state index is 0.229. The molecule has 2 rings (SSSR count). The van der Waals surface area contributed by atoms with E-state index < -0.39 is 0 Å². The maximum Gasteiger partial charge on any atom is 0.272 e. The van der Waals surface area contributed by atoms with Crippen LogP contribution in [-0.2, 0) is 6.54 Å². The van der Waals surface area contributed by atoms with E-state index in [-0.39, 0.29) is 10.6 Å². The summed E-state index contributed by atoms with van der Waals surface area (Å²) in [6.07, 6.45) is 3.71. The quantitative estimate of drug-likeness (QED) is 0.647. The lowest BCUT2D eigenvalue weighted by molar-refractivity contribution is -0.385. The highest BCUT2D eigenvalue weighted by molar-refractivity contribution is 5.44. The van der Waals surface area contributed by atoms with Crippen molar-refractivity contribution in [3.63, 3.8) is 0 Å². The summed E-state index contributed by atoms with van der Waals surface area (Å²) in [7, 11) is 0. The molecule has 1 heterocycles. The number of nitrogens with zero attached hydrogens (tertiary/aromatic N) is 2. The second kappa shape index (κ2) is 7.52. The Labute approximate surface area is 126 Å². The summed E-state index contributed by atoms with van der Waals surface area (Å²) >= 11 is 0. The van der Waals surface area contributed by atoms with Crippen LogP contribution in [0.2, 0.25) is 0 Å². The minimum atomic E-state index is -0.287. The van der Waals surface area contributed by atoms with Crippen LogP contribution in [0.4, 0.5) is 5.69 Å². The van der Waals surface area contributed by atoms with Crippen molar-refractivity contribution in [2.24, 2.45) is 0 Å². The molecule has 0 amide bonds. The van der Waals surface area contributed by atoms with Crippen molar-refractivity contribution >= 4 is 5.69 Å². The average molecular weight is 291 g/mol. The van der Waals surface area contributed by atoms with Crippen molar-refractivity contribution in [1.29, 1.82) is 0 Å². The Morgan fingerprint density at radius 2 is 2.24 bits per heavy atom. The van der Waals surface area contributed by atoms with Gasteiger partial charge in [0.15, 0.2) is 0 Å². The van der Waals surface area contributed by atoms with Crippen molar-refractivity contribution < 1.29 is 4.92 Å². The first kappa shape index (κ1) is 15.9. The van der Waals surface area contributed by atoms with E-state index in [2.05, 4.69) is 17.1 Å². The number of nitro benzene ring substituents is 1. The Kier molecular flexibility index (Phi) is 5.70. The van der Waals surface area contributed by atoms with E-state index in [1.165, 1.54) is 19.3 Å². The molecule has 0 bridgehead atoms. The molecule has 1 fully saturated rings. The first-order chi connectivity index (χ1) is 10.1. The van der Waals surface area contributed by atoms with E-state index in [9.17, 15) is 10.1 Å². The number of hydrogen-bond acceptors (Lipinski definition) is 4. The van der Waals surface area contributed by atoms with Gasteiger partial charge < -0.3 is 5.32 Å². The van der Waals surface area contributed by atoms with Gasteiger partial charge in [-0.2, -0.15) is 0 Å². The Morgan fingerprint density at radius 1 is 1.43 bits per heavy atom. The van der Waals surface area contributed by atoms with E-state index >= 15 is 0 Å². The number of nitrogens with one attached hydrogen (secondary N) is 1. The van der Waals surface area contributed by atoms with Gasteiger partial charge in [0.25, 0.3) is 5.69 Å². The van der Waals surface area contributed by atoms with Gasteiger partial charge in [-0.15, -0.1) is 0 Å². The van der Waals surface area contributed by atoms with Gasteiger partial charge in [-0.3, -0.25) is 15.0 Å². The highest BCUT2D eigenvalue weighted by Gasteiger charge is 2.23. The molecule has 116 valence electrons. The number of benzene rings is 1. The molecule has 1 saturated heterocycles. The third-order valence-corrected chi connectivity index (χ3v) is 4.37. The van der Waals surface area contributed by atoms with Gasteiger partial charge in [0.05, 0.1) is 4.92 Å². The largest absolute Gasteiger partial charge is 0.315 e. The Bertz CT molecular complexity index is 490. The molecule has 0 aromatic heterocycles. The number of nitro groups is 1. The summed E-state index contributed by atoms with van der Waals surface area (Å²) in [6.45, 7) is 7.86. The molecule has 5 nitrogen and oxygen atoms in total. The number of piperidine rings is 1. The maximum absolute atomic E-state index is 11.1. The predicted octanol–water partition coefficient (Wildman–Crippen LogP) is 2.87. The molecule has 1 aromatic carbocycles. The van der Waals surface area contributed by atoms with E-state index in [1.54, 1.807) is 12.1 Å². The summed E-state index contributed by atoms with van der Waals surface area (Å²) in [4.78, 5) is 13.2. The molecular formula is C16H25N3O2. The maximum atomic E-state index is 11.1. The first-order valence-electron chi connectivity index (χ1n) is 7.81. The normalized spacial score (nSPS) is 19.6. The van der Waals surface area contributed by atoms with Gasteiger partial charge >= 0.3 is 0 Å². The average Bonchev–Trinajstić information content (AvgIpc) is 2.48. The predicted molar refractivity (Wildman–Crippen MR) is 84.4 cm³/mol. The highest BCUT2D eigenvalue weighted by Crippen LogP contribution is 2.25. The fraction of sp³-hybridized carbons (Fsp3) is 0.625. The van der Waals surface area contributed by atoms with Crippen LogP contribution in [0.1, 0.15) is 37.3 Å². The van der Waals surface area contributed by atoms with Crippen molar-refractivity contribution in [2.75, 3.05) is 19.6 Å². The molecule has 1 aliphatic rings. The summed E-state index contributed by atoms with van der Waals surface area (Å²) in [6, 6.07) is 5.94. The van der Waals surface area contributed by atoms with E-state index in [4.69, 9.17) is 0 Å². The molecule has 1 atom stereocenters. The van der Waals surface area contributed by atoms with Crippen molar-refractivity contribution in [1.82, 2.24) is 10.2 Å². The Balaban J connectivity index is 2.11. The summed E-state index contributed by atoms with van der Waals surface area (Å²) < 4.78 is 0. The van der Waals surface area contributed by atoms with E-state index in [1.807, 2.05) is 13.0 Å². The van der Waals surface area contributed by atoms with Gasteiger partial charge in [-0.25, -0.2) is 0 Å². The van der Waals surface area contributed by atoms with Crippen LogP contribution in [0.3, 0.4) is 0 Å². The van der Waals surface area contributed by atoms with Crippen LogP contribution in [0, 0.1) is 17.0 Å². The second-order valence-corrected chi connectivity index (χ2v) is 5.75. The zero-order valence-electron chi connectivity index (χ0n) is 13.0. The lowest BCUT2D eigenvalue weighted by Crippen LogP contribution is -2.45. The fourth-order valence-corrected chi connectivity index (χ4v) is 3.07. The molecule has 5 heteroatoms. The van der Waals surface area contributed by atoms with Crippen LogP contribution in [-0.4, -0.2) is 35.5 Å². The van der Waals surface area contributed by atoms with Crippen molar-refractivity contribution in [3.8, 4) is 0 Å². The highest BCUT2D eigenvalue weighted by atomic mass is 16.6. The molecule has 1 N–H and O–H groups in total. The Hall–Kier alpha value is -1.46. The molecule has 21 heavy (non-hydrogen) atoms. The van der Waals surface area contributed by atoms with Crippen molar-refractivity contribution in [2.45, 2.75) is 45.7 Å². The number of rotatable bonds is 6. The number of likely N-dealkylation sites (tertiary alicyclic amines) is 1. The van der Waals surface area contributed by atoms with Crippen LogP contribution in [0.15, 0.2) is 18.2 Å². The smallest absolute Gasteiger partial charge is 0.272 e. The molecule has 1 unspecified atom stereocenters. The molecule has 0 spiro atoms. The molecular weight excluding hydrogens is 266 g/mol. The van der Waals surface area contributed by atoms with Crippen LogP contribution in [0.25, 0.3) is 0 Å². The molecule has 0 aliphatic carbocycles. The Morgan fingerprint density at radius 3 is 2.95 bits per heavy atom. The van der Waals surface area contributed by atoms with E-state index in [0.29, 0.717) is 6.04 Å². The van der Waals surface area contributed by atoms with Crippen LogP contribution >= 0.6 is 0 Å². The van der Waals surface area contributed by atoms with Crippen LogP contribution in [0.5, 0.6) is 0 Å². The molecule has 0 saturated carbocycles. The number of likely N-dealkylation sites (N-methyl/N-ethyl adjacent to an activating group) is 1. The second-order valence-electron chi connectivity index (χ2n) is 5.75. The third kappa shape index (κ3) is 4.02. The standard InChI is InChI=1S/C16H25N3O2/c1-3-17-11-15-8-4-5-10-18(15)12-14-7-6-9-16(13(14)2)19(20)21/h6-7,9,15,17H,3-5,8,10-12H2,1-2H3. The van der Waals surface area contributed by atoms with Crippen molar-refractivity contribution in [3.05, 3.63) is 39.4 Å². The fourth-order valence-electron chi connectivity index (χ4n) is 3.07. The van der Waals surface area contributed by atoms with E-state index in [0.717, 1.165) is 37.3 Å². The van der Waals surface area contributed by atoms with Gasteiger partial charge in [-0.1, -0.05) is 25.5 Å². The zero-order chi connectivity index (χ0) is 15.2. The van der Waals surface area contributed by atoms with Gasteiger partial charge in [0.1, 0.15) is 0 Å². The SMILES string of the molecule is CCNCC1CCCCN1Cc1cccc([N+](=O)[O-])c1C. The summed E-state index contributed by atoms with van der Waals surface area (Å²) in [5.74, 6) is 0. The molecule has 1 aliphatic heterocycles. The topological polar surface area (TPSA) is 58.4 Å². The van der Waals surface area contributed by atoms with Crippen LogP contribution < -0.4 is 5.32 Å². The lowest BCUT2D eigenvalue weighted by Gasteiger charge is -2.36. The lowest BCUT2D eigenvalue weighted by atomic mass is 9.99. The minimum Gasteiger partial charge on any atom is -0.315 e. The summed E-state index contributed by atoms with van der Waals surface area (Å²) in [5, 5.41) is 14.5. The van der Waals surface area contributed by atoms with Gasteiger partial charge in [0.2, 0.25) is 0 Å². The van der Waals surface area contributed by atoms with Gasteiger partial charge in [0, 0.05) is 30.8 Å². The third-order valence-electron chi connectivity index (χ3n) is 4.37.